The standard InChI is InChI=1S/C28H41N3O5/c1-16(2)19(15-32)31-22(24(34)30-26(4,5)6)28-13-17(3)27(7,36-28)20(21(28)25(31)35)23(33)29-14-18-11-9-8-10-12-18/h8-12,16-17,19-22,32H,13-15H2,1-7H3,(H,29,33)(H,30,34)/t17?,19-,20+,21-,22?,27-,28?/m0/s1. The van der Waals surface area contributed by atoms with Crippen LogP contribution in [0.1, 0.15) is 60.5 Å². The van der Waals surface area contributed by atoms with E-state index in [0.29, 0.717) is 13.0 Å². The first-order chi connectivity index (χ1) is 16.8. The second kappa shape index (κ2) is 9.14. The third-order valence-corrected chi connectivity index (χ3v) is 8.40. The molecule has 0 aromatic heterocycles. The lowest BCUT2D eigenvalue weighted by Crippen LogP contribution is -2.61. The molecule has 7 atom stereocenters. The molecule has 0 saturated carbocycles. The highest BCUT2D eigenvalue weighted by Gasteiger charge is 2.80. The van der Waals surface area contributed by atoms with Gasteiger partial charge in [0.25, 0.3) is 0 Å². The third kappa shape index (κ3) is 4.12. The molecule has 0 aliphatic carbocycles. The van der Waals surface area contributed by atoms with Gasteiger partial charge in [0, 0.05) is 12.1 Å². The van der Waals surface area contributed by atoms with Gasteiger partial charge in [-0.05, 0) is 51.5 Å². The van der Waals surface area contributed by atoms with Crippen LogP contribution in [-0.4, -0.2) is 63.2 Å². The Hall–Kier alpha value is -2.45. The zero-order valence-corrected chi connectivity index (χ0v) is 22.5. The maximum atomic E-state index is 14.2. The van der Waals surface area contributed by atoms with Crippen LogP contribution in [0.2, 0.25) is 0 Å². The number of carbonyl (C=O) groups is 3. The summed E-state index contributed by atoms with van der Waals surface area (Å²) >= 11 is 0. The molecule has 3 N–H and O–H groups in total. The lowest BCUT2D eigenvalue weighted by Gasteiger charge is -2.39. The smallest absolute Gasteiger partial charge is 0.246 e. The highest BCUT2D eigenvalue weighted by Crippen LogP contribution is 2.65. The van der Waals surface area contributed by atoms with Crippen molar-refractivity contribution in [1.29, 1.82) is 0 Å². The van der Waals surface area contributed by atoms with Crippen LogP contribution in [0.5, 0.6) is 0 Å². The van der Waals surface area contributed by atoms with Gasteiger partial charge in [0.05, 0.1) is 30.1 Å². The quantitative estimate of drug-likeness (QED) is 0.533. The molecule has 3 aliphatic rings. The third-order valence-electron chi connectivity index (χ3n) is 8.40. The first kappa shape index (κ1) is 26.6. The monoisotopic (exact) mass is 499 g/mol. The fraction of sp³-hybridized carbons (Fsp3) is 0.679. The molecule has 1 aromatic rings. The van der Waals surface area contributed by atoms with Crippen LogP contribution >= 0.6 is 0 Å². The fourth-order valence-electron chi connectivity index (χ4n) is 6.69. The van der Waals surface area contributed by atoms with Gasteiger partial charge in [-0.15, -0.1) is 0 Å². The molecule has 198 valence electrons. The van der Waals surface area contributed by atoms with Gasteiger partial charge in [-0.25, -0.2) is 0 Å². The topological polar surface area (TPSA) is 108 Å². The van der Waals surface area contributed by atoms with Gasteiger partial charge in [0.2, 0.25) is 17.7 Å². The van der Waals surface area contributed by atoms with Gasteiger partial charge in [0.1, 0.15) is 11.6 Å². The first-order valence-electron chi connectivity index (χ1n) is 13.0. The highest BCUT2D eigenvalue weighted by molar-refractivity contribution is 5.99. The maximum Gasteiger partial charge on any atom is 0.246 e. The number of rotatable bonds is 7. The number of carbonyl (C=O) groups excluding carboxylic acids is 3. The van der Waals surface area contributed by atoms with Crippen molar-refractivity contribution in [2.24, 2.45) is 23.7 Å². The van der Waals surface area contributed by atoms with E-state index in [1.54, 1.807) is 0 Å². The summed E-state index contributed by atoms with van der Waals surface area (Å²) in [7, 11) is 0. The van der Waals surface area contributed by atoms with E-state index in [9.17, 15) is 19.5 Å². The number of ether oxygens (including phenoxy) is 1. The Morgan fingerprint density at radius 3 is 2.39 bits per heavy atom. The predicted molar refractivity (Wildman–Crippen MR) is 136 cm³/mol. The summed E-state index contributed by atoms with van der Waals surface area (Å²) in [6.07, 6.45) is 0.497. The normalized spacial score (nSPS) is 34.1. The molecule has 4 rings (SSSR count). The number of nitrogens with zero attached hydrogens (tertiary/aromatic N) is 1. The van der Waals surface area contributed by atoms with Crippen LogP contribution in [0.15, 0.2) is 30.3 Å². The average molecular weight is 500 g/mol. The van der Waals surface area contributed by atoms with Gasteiger partial charge < -0.3 is 25.4 Å². The lowest BCUT2D eigenvalue weighted by atomic mass is 9.62. The molecule has 36 heavy (non-hydrogen) atoms. The first-order valence-corrected chi connectivity index (χ1v) is 13.0. The van der Waals surface area contributed by atoms with Crippen molar-refractivity contribution in [3.63, 3.8) is 0 Å². The zero-order valence-electron chi connectivity index (χ0n) is 22.5. The van der Waals surface area contributed by atoms with E-state index in [4.69, 9.17) is 4.74 Å². The van der Waals surface area contributed by atoms with E-state index >= 15 is 0 Å². The van der Waals surface area contributed by atoms with Crippen LogP contribution in [0.4, 0.5) is 0 Å². The predicted octanol–water partition coefficient (Wildman–Crippen LogP) is 2.25. The van der Waals surface area contributed by atoms with E-state index in [0.717, 1.165) is 5.56 Å². The zero-order chi connectivity index (χ0) is 26.6. The number of amides is 3. The molecule has 2 bridgehead atoms. The summed E-state index contributed by atoms with van der Waals surface area (Å²) in [5, 5.41) is 16.3. The van der Waals surface area contributed by atoms with Crippen molar-refractivity contribution in [2.75, 3.05) is 6.61 Å². The molecule has 3 unspecified atom stereocenters. The minimum atomic E-state index is -1.13. The summed E-state index contributed by atoms with van der Waals surface area (Å²) in [5.41, 5.74) is -1.56. The SMILES string of the molecule is CC(C)[C@H](CO)N1C(=O)[C@@H]2[C@H](C(=O)NCc3ccccc3)[C@@]3(C)OC2(CC3C)C1C(=O)NC(C)(C)C. The number of benzene rings is 1. The van der Waals surface area contributed by atoms with E-state index in [1.165, 1.54) is 4.90 Å². The van der Waals surface area contributed by atoms with Crippen LogP contribution in [-0.2, 0) is 25.7 Å². The Balaban J connectivity index is 1.75. The number of aliphatic hydroxyl groups is 1. The number of likely N-dealkylation sites (tertiary alicyclic amines) is 1. The van der Waals surface area contributed by atoms with Crippen molar-refractivity contribution in [1.82, 2.24) is 15.5 Å². The molecule has 0 radical (unpaired) electrons. The number of fused-ring (bicyclic) bond motifs is 1. The Bertz CT molecular complexity index is 1020. The highest BCUT2D eigenvalue weighted by atomic mass is 16.5. The minimum absolute atomic E-state index is 0.0365. The molecule has 1 spiro atoms. The summed E-state index contributed by atoms with van der Waals surface area (Å²) in [4.78, 5) is 43.2. The molecule has 3 amide bonds. The number of aliphatic hydroxyl groups excluding tert-OH is 1. The fourth-order valence-corrected chi connectivity index (χ4v) is 6.69. The van der Waals surface area contributed by atoms with Gasteiger partial charge >= 0.3 is 0 Å². The Morgan fingerprint density at radius 2 is 1.83 bits per heavy atom. The van der Waals surface area contributed by atoms with Crippen LogP contribution < -0.4 is 10.6 Å². The van der Waals surface area contributed by atoms with E-state index < -0.39 is 40.7 Å². The van der Waals surface area contributed by atoms with Crippen molar-refractivity contribution < 1.29 is 24.2 Å². The molecule has 3 heterocycles. The van der Waals surface area contributed by atoms with Gasteiger partial charge in [-0.3, -0.25) is 14.4 Å². The minimum Gasteiger partial charge on any atom is -0.394 e. The maximum absolute atomic E-state index is 14.2. The van der Waals surface area contributed by atoms with Crippen LogP contribution in [0.3, 0.4) is 0 Å². The Labute approximate surface area is 214 Å². The molecular formula is C28H41N3O5. The second-order valence-corrected chi connectivity index (χ2v) is 12.4. The van der Waals surface area contributed by atoms with Gasteiger partial charge in [0.15, 0.2) is 0 Å². The number of hydrogen-bond donors (Lipinski definition) is 3. The Morgan fingerprint density at radius 1 is 1.19 bits per heavy atom. The van der Waals surface area contributed by atoms with Gasteiger partial charge in [-0.1, -0.05) is 51.1 Å². The van der Waals surface area contributed by atoms with E-state index in [2.05, 4.69) is 10.6 Å². The van der Waals surface area contributed by atoms with Crippen LogP contribution in [0.25, 0.3) is 0 Å². The van der Waals surface area contributed by atoms with Crippen molar-refractivity contribution in [2.45, 2.75) is 90.3 Å². The molecule has 8 heteroatoms. The second-order valence-electron chi connectivity index (χ2n) is 12.4. The van der Waals surface area contributed by atoms with Crippen LogP contribution in [0, 0.1) is 23.7 Å². The van der Waals surface area contributed by atoms with Crippen molar-refractivity contribution >= 4 is 17.7 Å². The molecule has 8 nitrogen and oxygen atoms in total. The molecule has 3 fully saturated rings. The summed E-state index contributed by atoms with van der Waals surface area (Å²) in [6.45, 7) is 13.5. The molecular weight excluding hydrogens is 458 g/mol. The average Bonchev–Trinajstić information content (AvgIpc) is 3.29. The molecule has 1 aromatic carbocycles. The summed E-state index contributed by atoms with van der Waals surface area (Å²) in [5.74, 6) is -2.49. The molecule has 3 saturated heterocycles. The number of nitrogens with one attached hydrogen (secondary N) is 2. The van der Waals surface area contributed by atoms with E-state index in [1.807, 2.05) is 78.8 Å². The van der Waals surface area contributed by atoms with E-state index in [-0.39, 0.29) is 36.2 Å². The molecule has 3 aliphatic heterocycles. The lowest BCUT2D eigenvalue weighted by molar-refractivity contribution is -0.152. The summed E-state index contributed by atoms with van der Waals surface area (Å²) in [6, 6.07) is 8.14. The van der Waals surface area contributed by atoms with Gasteiger partial charge in [-0.2, -0.15) is 0 Å². The largest absolute Gasteiger partial charge is 0.394 e. The Kier molecular flexibility index (Phi) is 6.75. The summed E-state index contributed by atoms with van der Waals surface area (Å²) < 4.78 is 6.73. The number of hydrogen-bond acceptors (Lipinski definition) is 5. The van der Waals surface area contributed by atoms with Crippen molar-refractivity contribution in [3.05, 3.63) is 35.9 Å². The van der Waals surface area contributed by atoms with Crippen molar-refractivity contribution in [3.8, 4) is 0 Å².